The number of aliphatic imine (C=N–C) groups is 1. The smallest absolute Gasteiger partial charge is 0.726 e. The molecule has 116 heavy (non-hydrogen) atoms. The fraction of sp³-hybridized carbons (Fsp3) is 0.206. The number of nitrogen functional groups attached to an aromatic ring is 1. The van der Waals surface area contributed by atoms with E-state index in [-0.39, 0.29) is 248 Å². The number of carbonyl (C=O) groups is 1. The SMILES string of the molecule is CC(=O)Nc1ccc(O)cc1.Nc1ccc(C(Oc2ccccc2)C(COS(=O)(=O)[O-])OS(=O)(=O)[O-])cc1.O=S(=O)([O-])OCC(OS(=O)(=O)[O-])C(Oc1ccccc1)c1ccc(N=C=S)cc1.O=[N+]([O-])c1ccc(C(Oc2ccccc2)C(COS(=O)(=O)[O-])OS(=O)(=O)[O-])cc1.O=[N+]([O-])c1ccc(C2OC2CO)cc1.[Na+].[Na+].[Na+].[Na+].[Na+].[Na+]. The number of phenols is 1. The van der Waals surface area contributed by atoms with Gasteiger partial charge in [0.1, 0.15) is 53.5 Å². The van der Waals surface area contributed by atoms with Crippen molar-refractivity contribution in [2.24, 2.45) is 4.99 Å². The fourth-order valence-corrected chi connectivity index (χ4v) is 11.2. The Morgan fingerprint density at radius 3 is 1.05 bits per heavy atom. The van der Waals surface area contributed by atoms with Crippen LogP contribution in [0.1, 0.15) is 53.6 Å². The van der Waals surface area contributed by atoms with Gasteiger partial charge in [0.25, 0.3) is 11.4 Å². The number of benzene rings is 8. The number of aliphatic hydroxyl groups is 1. The molecule has 1 aliphatic rings. The summed E-state index contributed by atoms with van der Waals surface area (Å²) < 4.78 is 244. The number of isothiocyanates is 1. The van der Waals surface area contributed by atoms with Crippen LogP contribution in [0.3, 0.4) is 0 Å². The van der Waals surface area contributed by atoms with Crippen LogP contribution in [0.15, 0.2) is 217 Å². The number of nitrogens with one attached hydrogen (secondary N) is 1. The van der Waals surface area contributed by atoms with E-state index in [1.807, 2.05) is 0 Å². The normalized spacial score (nSPS) is 14.2. The maximum atomic E-state index is 11.1. The van der Waals surface area contributed by atoms with Crippen LogP contribution in [0, 0.1) is 20.2 Å². The molecule has 5 N–H and O–H groups in total. The van der Waals surface area contributed by atoms with Gasteiger partial charge in [-0.05, 0) is 144 Å². The number of rotatable bonds is 33. The quantitative estimate of drug-likeness (QED) is 0.00283. The Bertz CT molecular complexity index is 4930. The zero-order valence-electron chi connectivity index (χ0n) is 61.8. The van der Waals surface area contributed by atoms with Crippen molar-refractivity contribution in [3.05, 3.63) is 255 Å². The molecule has 0 saturated carbocycles. The second kappa shape index (κ2) is 55.2. The van der Waals surface area contributed by atoms with Gasteiger partial charge in [0, 0.05) is 42.6 Å². The molecule has 53 heteroatoms. The van der Waals surface area contributed by atoms with Gasteiger partial charge in [-0.2, -0.15) is 4.99 Å². The van der Waals surface area contributed by atoms with Gasteiger partial charge in [-0.1, -0.05) is 78.9 Å². The zero-order chi connectivity index (χ0) is 81.6. The number of para-hydroxylation sites is 3. The molecule has 1 saturated heterocycles. The minimum atomic E-state index is -5.37. The molecule has 1 amide bonds. The summed E-state index contributed by atoms with van der Waals surface area (Å²) in [5, 5.41) is 43.5. The number of epoxide rings is 1. The van der Waals surface area contributed by atoms with Crippen LogP contribution in [0.25, 0.3) is 0 Å². The van der Waals surface area contributed by atoms with E-state index in [1.54, 1.807) is 78.9 Å². The molecule has 0 aromatic heterocycles. The van der Waals surface area contributed by atoms with Crippen LogP contribution < -0.4 is 203 Å². The molecule has 9 rings (SSSR count). The van der Waals surface area contributed by atoms with E-state index in [1.165, 1.54) is 128 Å². The Morgan fingerprint density at radius 2 is 0.784 bits per heavy atom. The van der Waals surface area contributed by atoms with E-state index in [9.17, 15) is 103 Å². The van der Waals surface area contributed by atoms with Gasteiger partial charge in [-0.3, -0.25) is 50.1 Å². The number of thiocarbonyl (C=S) groups is 1. The number of phenolic OH excluding ortho intramolecular Hbond substituents is 1. The van der Waals surface area contributed by atoms with E-state index in [4.69, 9.17) is 34.9 Å². The summed E-state index contributed by atoms with van der Waals surface area (Å²) in [5.74, 6) is 0.758. The minimum Gasteiger partial charge on any atom is -0.726 e. The summed E-state index contributed by atoms with van der Waals surface area (Å²) in [6.45, 7) is -1.88. The Hall–Kier alpha value is -4.03. The van der Waals surface area contributed by atoms with E-state index in [2.05, 4.69) is 52.8 Å². The van der Waals surface area contributed by atoms with Crippen LogP contribution in [0.5, 0.6) is 23.0 Å². The summed E-state index contributed by atoms with van der Waals surface area (Å²) >= 11 is 4.51. The molecular weight excluding hydrogens is 1750 g/mol. The van der Waals surface area contributed by atoms with Crippen LogP contribution in [0.2, 0.25) is 0 Å². The van der Waals surface area contributed by atoms with Crippen LogP contribution in [-0.2, 0) is 97.0 Å². The Kier molecular flexibility index (Phi) is 54.2. The van der Waals surface area contributed by atoms with Crippen LogP contribution >= 0.6 is 12.2 Å². The number of nitro benzene ring substituents is 2. The number of nitro groups is 2. The average Bonchev–Trinajstić information content (AvgIpc) is 1.60. The largest absolute Gasteiger partial charge is 1.00 e. The molecule has 1 fully saturated rings. The Morgan fingerprint density at radius 1 is 0.483 bits per heavy atom. The van der Waals surface area contributed by atoms with Gasteiger partial charge in [-0.15, -0.1) is 0 Å². The number of anilines is 2. The molecule has 8 atom stereocenters. The number of amides is 1. The zero-order valence-corrected chi connectivity index (χ0v) is 79.5. The maximum absolute atomic E-state index is 11.1. The maximum Gasteiger partial charge on any atom is 1.00 e. The van der Waals surface area contributed by atoms with Crippen molar-refractivity contribution in [2.45, 2.75) is 55.8 Å². The monoisotopic (exact) mass is 1810 g/mol. The number of ether oxygens (including phenoxy) is 4. The van der Waals surface area contributed by atoms with E-state index in [0.717, 1.165) is 17.7 Å². The van der Waals surface area contributed by atoms with Crippen molar-refractivity contribution in [1.82, 2.24) is 0 Å². The molecule has 1 heterocycles. The van der Waals surface area contributed by atoms with Crippen LogP contribution in [-0.4, -0.2) is 160 Å². The fourth-order valence-electron chi connectivity index (χ4n) is 8.79. The van der Waals surface area contributed by atoms with Gasteiger partial charge < -0.3 is 67.5 Å². The number of carbonyl (C=O) groups excluding carboxylic acids is 1. The number of hydrogen-bond acceptors (Lipinski definition) is 38. The molecule has 8 aromatic carbocycles. The molecule has 40 nitrogen and oxygen atoms in total. The molecule has 594 valence electrons. The molecular formula is C63H59N5Na6O35S7. The summed E-state index contributed by atoms with van der Waals surface area (Å²) in [5.41, 5.74) is 8.42. The first-order chi connectivity index (χ1) is 51.5. The first kappa shape index (κ1) is 114. The number of nitrogens with two attached hydrogens (primary N) is 1. The van der Waals surface area contributed by atoms with Crippen molar-refractivity contribution in [3.8, 4) is 23.0 Å². The van der Waals surface area contributed by atoms with E-state index >= 15 is 0 Å². The number of hydrogen-bond donors (Lipinski definition) is 4. The summed E-state index contributed by atoms with van der Waals surface area (Å²) in [6.07, 6.45) is -9.82. The van der Waals surface area contributed by atoms with Crippen molar-refractivity contribution in [2.75, 3.05) is 37.5 Å². The first-order valence-electron chi connectivity index (χ1n) is 30.2. The molecule has 8 unspecified atom stereocenters. The number of non-ortho nitro benzene ring substituents is 2. The predicted molar refractivity (Wildman–Crippen MR) is 375 cm³/mol. The summed E-state index contributed by atoms with van der Waals surface area (Å²) in [4.78, 5) is 34.3. The predicted octanol–water partition coefficient (Wildman–Crippen LogP) is -12.0. The number of nitrogens with zero attached hydrogens (tertiary/aromatic N) is 3. The topological polar surface area (TPSA) is 633 Å². The first-order valence-corrected chi connectivity index (χ1v) is 38.6. The molecule has 0 spiro atoms. The van der Waals surface area contributed by atoms with E-state index in [0.29, 0.717) is 22.6 Å². The standard InChI is InChI=1S/C16H15NO9S3.C15H15NO11S2.C15H17NO9S2.C9H9NO4.C8H9NO2.6Na/c18-28(19,20)24-10-15(26-29(21,22)23)16(25-14-4-2-1-3-5-14)12-6-8-13(9-7-12)17-11-27;17-16(18)12-8-6-11(7-9-12)15(26-13-4-2-1-3-5-13)14(27-29(22,23)24)10-25-28(19,20)21;16-12-8-6-11(7-9-12)15(24-13-4-2-1-3-5-13)14(25-27(20,21)22)10-23-26(17,18)19;11-5-8-9(14-8)6-1-3-7(4-2-6)10(12)13;1-6(10)9-7-2-4-8(11)5-3-7;;;;;;/h1-9,15-16H,10H2,(H,18,19,20)(H,21,22,23);1-9,14-15H,10H2,(H,19,20,21)(H,22,23,24);1-9,14-15H,10,16H2,(H,17,18,19)(H,20,21,22);1-4,8-9,11H,5H2;2-5,11H,1H3,(H,9,10);;;;;;/q;;;;;6*+1/p-6. The molecule has 8 aromatic rings. The van der Waals surface area contributed by atoms with Gasteiger partial charge >= 0.3 is 177 Å². The Labute approximate surface area is 803 Å². The molecule has 0 aliphatic carbocycles. The molecule has 0 bridgehead atoms. The van der Waals surface area contributed by atoms with Crippen molar-refractivity contribution < 1.29 is 324 Å². The summed E-state index contributed by atoms with van der Waals surface area (Å²) in [6, 6.07) is 52.6. The number of aliphatic hydroxyl groups excluding tert-OH is 1. The van der Waals surface area contributed by atoms with Gasteiger partial charge in [0.15, 0.2) is 18.3 Å². The van der Waals surface area contributed by atoms with Gasteiger partial charge in [0.05, 0.1) is 47.1 Å². The van der Waals surface area contributed by atoms with Crippen molar-refractivity contribution >= 4 is 114 Å². The molecule has 1 aliphatic heterocycles. The van der Waals surface area contributed by atoms with E-state index < -0.39 is 129 Å². The third-order valence-corrected chi connectivity index (χ3v) is 16.2. The third kappa shape index (κ3) is 47.4. The second-order valence-corrected chi connectivity index (χ2v) is 27.8. The van der Waals surface area contributed by atoms with Gasteiger partial charge in [-0.25, -0.2) is 50.5 Å². The average molecular weight is 1810 g/mol. The van der Waals surface area contributed by atoms with Crippen molar-refractivity contribution in [3.63, 3.8) is 0 Å². The Balaban J connectivity index is 0. The number of aromatic hydroxyl groups is 1. The van der Waals surface area contributed by atoms with Gasteiger partial charge in [0.2, 0.25) is 68.3 Å². The van der Waals surface area contributed by atoms with Crippen LogP contribution in [0.4, 0.5) is 28.4 Å². The summed E-state index contributed by atoms with van der Waals surface area (Å²) in [7, 11) is -31.6. The molecule has 0 radical (unpaired) electrons. The van der Waals surface area contributed by atoms with Crippen molar-refractivity contribution in [1.29, 1.82) is 0 Å². The minimum absolute atomic E-state index is 0. The second-order valence-electron chi connectivity index (χ2n) is 21.4. The third-order valence-electron chi connectivity index (χ3n) is 13.4.